The van der Waals surface area contributed by atoms with Crippen LogP contribution in [0.25, 0.3) is 11.1 Å². The van der Waals surface area contributed by atoms with Gasteiger partial charge in [0.05, 0.1) is 4.34 Å². The maximum absolute atomic E-state index is 12.4. The number of carbonyl (C=O) groups is 1. The smallest absolute Gasteiger partial charge is 0.251 e. The summed E-state index contributed by atoms with van der Waals surface area (Å²) >= 11 is 7.42. The molecular formula is C20H18ClNO2S. The van der Waals surface area contributed by atoms with Crippen molar-refractivity contribution in [2.45, 2.75) is 6.10 Å². The molecule has 0 aliphatic heterocycles. The average molecular weight is 372 g/mol. The van der Waals surface area contributed by atoms with Crippen LogP contribution in [0.3, 0.4) is 0 Å². The molecule has 2 aromatic carbocycles. The van der Waals surface area contributed by atoms with Gasteiger partial charge in [0, 0.05) is 24.1 Å². The molecule has 0 saturated heterocycles. The molecule has 0 fully saturated rings. The summed E-state index contributed by atoms with van der Waals surface area (Å²) in [6.07, 6.45) is -0.204. The van der Waals surface area contributed by atoms with E-state index in [0.29, 0.717) is 16.4 Å². The summed E-state index contributed by atoms with van der Waals surface area (Å²) in [7, 11) is 1.62. The van der Waals surface area contributed by atoms with E-state index in [1.54, 1.807) is 7.11 Å². The lowest BCUT2D eigenvalue weighted by Gasteiger charge is -2.14. The number of methoxy groups -OCH3 is 1. The van der Waals surface area contributed by atoms with Gasteiger partial charge in [0.2, 0.25) is 0 Å². The van der Waals surface area contributed by atoms with Gasteiger partial charge in [-0.05, 0) is 35.4 Å². The largest absolute Gasteiger partial charge is 0.374 e. The molecule has 0 saturated carbocycles. The highest BCUT2D eigenvalue weighted by molar-refractivity contribution is 7.16. The van der Waals surface area contributed by atoms with E-state index < -0.39 is 0 Å². The van der Waals surface area contributed by atoms with Crippen molar-refractivity contribution in [3.05, 3.63) is 81.5 Å². The number of halogens is 1. The summed E-state index contributed by atoms with van der Waals surface area (Å²) in [6, 6.07) is 21.4. The molecule has 1 heterocycles. The van der Waals surface area contributed by atoms with Crippen molar-refractivity contribution in [2.24, 2.45) is 0 Å². The van der Waals surface area contributed by atoms with Crippen LogP contribution in [0, 0.1) is 0 Å². The molecular weight excluding hydrogens is 354 g/mol. The zero-order valence-electron chi connectivity index (χ0n) is 13.7. The molecule has 5 heteroatoms. The number of hydrogen-bond donors (Lipinski definition) is 1. The quantitative estimate of drug-likeness (QED) is 0.647. The number of carbonyl (C=O) groups excluding carboxylic acids is 1. The molecule has 1 N–H and O–H groups in total. The fourth-order valence-electron chi connectivity index (χ4n) is 2.53. The molecule has 0 aliphatic carbocycles. The SMILES string of the molecule is COC(CNC(=O)c1ccc(-c2ccccc2)cc1)c1ccc(Cl)s1. The number of thiophene rings is 1. The highest BCUT2D eigenvalue weighted by atomic mass is 35.5. The van der Waals surface area contributed by atoms with Gasteiger partial charge in [-0.2, -0.15) is 0 Å². The van der Waals surface area contributed by atoms with E-state index in [1.165, 1.54) is 11.3 Å². The highest BCUT2D eigenvalue weighted by Crippen LogP contribution is 2.28. The lowest BCUT2D eigenvalue weighted by Crippen LogP contribution is -2.28. The molecule has 0 aliphatic rings. The minimum absolute atomic E-state index is 0.121. The van der Waals surface area contributed by atoms with E-state index in [0.717, 1.165) is 16.0 Å². The standard InChI is InChI=1S/C20H18ClNO2S/c1-24-17(18-11-12-19(21)25-18)13-22-20(23)16-9-7-15(8-10-16)14-5-3-2-4-6-14/h2-12,17H,13H2,1H3,(H,22,23). The predicted molar refractivity (Wildman–Crippen MR) is 103 cm³/mol. The Morgan fingerprint density at radius 3 is 2.32 bits per heavy atom. The number of nitrogens with one attached hydrogen (secondary N) is 1. The number of ether oxygens (including phenoxy) is 1. The summed E-state index contributed by atoms with van der Waals surface area (Å²) in [5.41, 5.74) is 2.84. The Morgan fingerprint density at radius 2 is 1.72 bits per heavy atom. The second kappa shape index (κ2) is 8.30. The normalized spacial score (nSPS) is 11.9. The van der Waals surface area contributed by atoms with Gasteiger partial charge in [0.15, 0.2) is 0 Å². The highest BCUT2D eigenvalue weighted by Gasteiger charge is 2.15. The predicted octanol–water partition coefficient (Wildman–Crippen LogP) is 5.19. The third kappa shape index (κ3) is 4.48. The first-order chi connectivity index (χ1) is 12.2. The van der Waals surface area contributed by atoms with Crippen LogP contribution < -0.4 is 5.32 Å². The van der Waals surface area contributed by atoms with Crippen LogP contribution in [-0.2, 0) is 4.74 Å². The zero-order valence-corrected chi connectivity index (χ0v) is 15.3. The fraction of sp³-hybridized carbons (Fsp3) is 0.150. The van der Waals surface area contributed by atoms with Crippen molar-refractivity contribution in [2.75, 3.05) is 13.7 Å². The third-order valence-corrected chi connectivity index (χ3v) is 5.22. The van der Waals surface area contributed by atoms with Gasteiger partial charge >= 0.3 is 0 Å². The number of hydrogen-bond acceptors (Lipinski definition) is 3. The van der Waals surface area contributed by atoms with Crippen molar-refractivity contribution < 1.29 is 9.53 Å². The first kappa shape index (κ1) is 17.7. The van der Waals surface area contributed by atoms with Crippen LogP contribution in [0.5, 0.6) is 0 Å². The Labute approximate surface area is 156 Å². The van der Waals surface area contributed by atoms with Crippen LogP contribution >= 0.6 is 22.9 Å². The van der Waals surface area contributed by atoms with Crippen molar-refractivity contribution in [1.29, 1.82) is 0 Å². The molecule has 25 heavy (non-hydrogen) atoms. The minimum atomic E-state index is -0.204. The number of rotatable bonds is 6. The Bertz CT molecular complexity index is 830. The van der Waals surface area contributed by atoms with Crippen LogP contribution in [0.15, 0.2) is 66.7 Å². The summed E-state index contributed by atoms with van der Waals surface area (Å²) in [4.78, 5) is 13.4. The molecule has 3 rings (SSSR count). The lowest BCUT2D eigenvalue weighted by molar-refractivity contribution is 0.0837. The van der Waals surface area contributed by atoms with Gasteiger partial charge in [0.25, 0.3) is 5.91 Å². The monoisotopic (exact) mass is 371 g/mol. The number of amides is 1. The van der Waals surface area contributed by atoms with Crippen LogP contribution in [0.1, 0.15) is 21.3 Å². The molecule has 1 amide bonds. The molecule has 1 aromatic heterocycles. The molecule has 1 atom stereocenters. The van der Waals surface area contributed by atoms with Gasteiger partial charge in [-0.1, -0.05) is 54.1 Å². The molecule has 128 valence electrons. The molecule has 1 unspecified atom stereocenters. The second-order valence-corrected chi connectivity index (χ2v) is 7.27. The number of benzene rings is 2. The van der Waals surface area contributed by atoms with Crippen molar-refractivity contribution in [3.63, 3.8) is 0 Å². The van der Waals surface area contributed by atoms with Gasteiger partial charge in [-0.15, -0.1) is 11.3 Å². The van der Waals surface area contributed by atoms with E-state index in [9.17, 15) is 4.79 Å². The Hall–Kier alpha value is -2.14. The maximum atomic E-state index is 12.4. The molecule has 3 nitrogen and oxygen atoms in total. The van der Waals surface area contributed by atoms with E-state index in [2.05, 4.69) is 5.32 Å². The molecule has 0 radical (unpaired) electrons. The third-order valence-electron chi connectivity index (χ3n) is 3.90. The first-order valence-electron chi connectivity index (χ1n) is 7.89. The summed E-state index contributed by atoms with van der Waals surface area (Å²) in [5, 5.41) is 2.92. The van der Waals surface area contributed by atoms with Gasteiger partial charge in [-0.3, -0.25) is 4.79 Å². The van der Waals surface area contributed by atoms with Gasteiger partial charge < -0.3 is 10.1 Å². The van der Waals surface area contributed by atoms with E-state index >= 15 is 0 Å². The van der Waals surface area contributed by atoms with Gasteiger partial charge in [0.1, 0.15) is 6.10 Å². The van der Waals surface area contributed by atoms with Gasteiger partial charge in [-0.25, -0.2) is 0 Å². The molecule has 0 spiro atoms. The van der Waals surface area contributed by atoms with Crippen molar-refractivity contribution in [1.82, 2.24) is 5.32 Å². The summed E-state index contributed by atoms with van der Waals surface area (Å²) in [6.45, 7) is 0.395. The fourth-order valence-corrected chi connectivity index (χ4v) is 3.67. The van der Waals surface area contributed by atoms with Crippen LogP contribution in [-0.4, -0.2) is 19.6 Å². The Balaban J connectivity index is 1.63. The first-order valence-corrected chi connectivity index (χ1v) is 9.08. The zero-order chi connectivity index (χ0) is 17.6. The van der Waals surface area contributed by atoms with E-state index in [-0.39, 0.29) is 12.0 Å². The van der Waals surface area contributed by atoms with Crippen LogP contribution in [0.4, 0.5) is 0 Å². The lowest BCUT2D eigenvalue weighted by atomic mass is 10.0. The topological polar surface area (TPSA) is 38.3 Å². The van der Waals surface area contributed by atoms with Crippen molar-refractivity contribution in [3.8, 4) is 11.1 Å². The summed E-state index contributed by atoms with van der Waals surface area (Å²) < 4.78 is 6.16. The molecule has 0 bridgehead atoms. The van der Waals surface area contributed by atoms with E-state index in [4.69, 9.17) is 16.3 Å². The Morgan fingerprint density at radius 1 is 1.04 bits per heavy atom. The van der Waals surface area contributed by atoms with Crippen molar-refractivity contribution >= 4 is 28.8 Å². The summed E-state index contributed by atoms with van der Waals surface area (Å²) in [5.74, 6) is -0.121. The maximum Gasteiger partial charge on any atom is 0.251 e. The van der Waals surface area contributed by atoms with Crippen LogP contribution in [0.2, 0.25) is 4.34 Å². The Kier molecular flexibility index (Phi) is 5.87. The molecule has 3 aromatic rings. The second-order valence-electron chi connectivity index (χ2n) is 5.52. The van der Waals surface area contributed by atoms with E-state index in [1.807, 2.05) is 66.7 Å². The average Bonchev–Trinajstić information content (AvgIpc) is 3.09. The minimum Gasteiger partial charge on any atom is -0.374 e.